The number of methoxy groups -OCH3 is 3. The second kappa shape index (κ2) is 25.3. The van der Waals surface area contributed by atoms with Crippen molar-refractivity contribution < 1.29 is 62.3 Å². The molecule has 0 aromatic rings. The zero-order valence-electron chi connectivity index (χ0n) is 41.4. The van der Waals surface area contributed by atoms with Crippen molar-refractivity contribution in [2.24, 2.45) is 35.5 Å². The van der Waals surface area contributed by atoms with Crippen LogP contribution in [0, 0.1) is 35.5 Å². The Morgan fingerprint density at radius 1 is 0.864 bits per heavy atom. The first-order valence-corrected chi connectivity index (χ1v) is 24.3. The molecule has 2 saturated heterocycles. The molecule has 0 aromatic heterocycles. The highest BCUT2D eigenvalue weighted by Gasteiger charge is 2.54. The van der Waals surface area contributed by atoms with Crippen molar-refractivity contribution in [3.05, 3.63) is 47.6 Å². The number of Topliss-reactive ketones (excluding diaryl/α,β-unsaturated/α-hetero) is 3. The monoisotopic (exact) mass is 930 g/mol. The molecule has 4 rings (SSSR count). The van der Waals surface area contributed by atoms with Gasteiger partial charge in [-0.15, -0.1) is 0 Å². The summed E-state index contributed by atoms with van der Waals surface area (Å²) in [5, 5.41) is 23.5. The summed E-state index contributed by atoms with van der Waals surface area (Å²) in [5.41, 5.74) is 1.25. The highest BCUT2D eigenvalue weighted by Crippen LogP contribution is 2.38. The fraction of sp³-hybridized carbons (Fsp3) is 0.750. The molecule has 1 amide bonds. The number of alkyl halides is 1. The number of allylic oxidation sites excluding steroid dienone is 6. The number of piperidine rings is 1. The zero-order valence-corrected chi connectivity index (χ0v) is 41.4. The molecule has 66 heavy (non-hydrogen) atoms. The van der Waals surface area contributed by atoms with Crippen molar-refractivity contribution >= 4 is 29.2 Å². The maximum atomic E-state index is 14.7. The highest BCUT2D eigenvalue weighted by atomic mass is 19.1. The van der Waals surface area contributed by atoms with Gasteiger partial charge in [0.05, 0.1) is 18.3 Å². The fourth-order valence-corrected chi connectivity index (χ4v) is 10.4. The van der Waals surface area contributed by atoms with Crippen molar-refractivity contribution in [1.82, 2.24) is 4.90 Å². The summed E-state index contributed by atoms with van der Waals surface area (Å²) >= 11 is 0. The van der Waals surface area contributed by atoms with Crippen molar-refractivity contribution in [2.75, 3.05) is 21.3 Å². The van der Waals surface area contributed by atoms with Gasteiger partial charge in [0.25, 0.3) is 11.7 Å². The molecule has 3 aliphatic heterocycles. The van der Waals surface area contributed by atoms with Crippen LogP contribution >= 0.6 is 0 Å². The van der Waals surface area contributed by atoms with E-state index in [-0.39, 0.29) is 42.2 Å². The Hall–Kier alpha value is -3.40. The van der Waals surface area contributed by atoms with Gasteiger partial charge in [0.15, 0.2) is 5.78 Å². The average molecular weight is 930 g/mol. The minimum atomic E-state index is -2.45. The molecule has 4 aliphatic rings. The second-order valence-corrected chi connectivity index (χ2v) is 20.0. The number of rotatable bonds is 6. The third-order valence-electron chi connectivity index (χ3n) is 14.8. The van der Waals surface area contributed by atoms with E-state index in [0.717, 1.165) is 5.57 Å². The maximum Gasteiger partial charge on any atom is 0.329 e. The number of ether oxygens (including phenoxy) is 5. The van der Waals surface area contributed by atoms with Gasteiger partial charge in [-0.05, 0) is 114 Å². The largest absolute Gasteiger partial charge is 0.460 e. The molecular weight excluding hydrogens is 850 g/mol. The molecule has 3 heterocycles. The standard InChI is InChI=1S/C52H80FNO12/c1-30-16-13-12-14-17-31(2)43(62-9)28-39-22-20-36(7)52(61,66-39)49(58)50(59)54-37(8)18-15-19-41(54)51(60)65-44(33(4)26-38-21-23-40(53)45(27-38)63-10)29-42(55)32(3)25-35(6)47(57)48(64-11)46(56)34(5)24-30/h12-14,16-17,25,30,32-34,36-41,43-45,47-48,57,61H,15,18-24,26-29H2,1-11H3/b14-12+,16-13+,31-17+,35-25+/t30-,32-,33-,34-,36-,37+,38+,39+,40+,41+,43+,44+,45-,47-,48+,52-/m1/s1. The minimum absolute atomic E-state index is 0.0121. The Morgan fingerprint density at radius 3 is 2.24 bits per heavy atom. The molecule has 3 fully saturated rings. The predicted molar refractivity (Wildman–Crippen MR) is 249 cm³/mol. The summed E-state index contributed by atoms with van der Waals surface area (Å²) in [4.78, 5) is 72.3. The van der Waals surface area contributed by atoms with Crippen LogP contribution in [0.3, 0.4) is 0 Å². The first-order chi connectivity index (χ1) is 31.2. The lowest BCUT2D eigenvalue weighted by Crippen LogP contribution is -2.62. The first-order valence-electron chi connectivity index (χ1n) is 24.3. The van der Waals surface area contributed by atoms with Gasteiger partial charge in [0.1, 0.15) is 36.3 Å². The van der Waals surface area contributed by atoms with Crippen molar-refractivity contribution in [3.8, 4) is 0 Å². The highest BCUT2D eigenvalue weighted by molar-refractivity contribution is 6.39. The molecule has 16 atom stereocenters. The number of aliphatic hydroxyl groups is 2. The Labute approximate surface area is 392 Å². The molecule has 0 radical (unpaired) electrons. The predicted octanol–water partition coefficient (Wildman–Crippen LogP) is 7.55. The van der Waals surface area contributed by atoms with Gasteiger partial charge >= 0.3 is 5.97 Å². The van der Waals surface area contributed by atoms with Crippen LogP contribution in [0.25, 0.3) is 0 Å². The maximum absolute atomic E-state index is 14.7. The van der Waals surface area contributed by atoms with Gasteiger partial charge in [-0.2, -0.15) is 0 Å². The summed E-state index contributed by atoms with van der Waals surface area (Å²) in [6, 6.07) is -1.74. The quantitative estimate of drug-likeness (QED) is 0.152. The third-order valence-corrected chi connectivity index (χ3v) is 14.8. The normalized spacial score (nSPS) is 41.1. The van der Waals surface area contributed by atoms with Gasteiger partial charge < -0.3 is 38.8 Å². The van der Waals surface area contributed by atoms with E-state index in [0.29, 0.717) is 69.8 Å². The third kappa shape index (κ3) is 14.1. The minimum Gasteiger partial charge on any atom is -0.460 e. The molecule has 1 aliphatic carbocycles. The van der Waals surface area contributed by atoms with Gasteiger partial charge in [-0.1, -0.05) is 71.1 Å². The molecule has 14 heteroatoms. The van der Waals surface area contributed by atoms with Crippen LogP contribution in [0.1, 0.15) is 132 Å². The lowest BCUT2D eigenvalue weighted by atomic mass is 9.78. The van der Waals surface area contributed by atoms with Gasteiger partial charge in [-0.25, -0.2) is 9.18 Å². The number of aliphatic hydroxyl groups excluding tert-OH is 1. The number of carbonyl (C=O) groups is 5. The van der Waals surface area contributed by atoms with E-state index in [1.165, 1.54) is 19.1 Å². The van der Waals surface area contributed by atoms with Crippen LogP contribution in [0.5, 0.6) is 0 Å². The van der Waals surface area contributed by atoms with E-state index < -0.39 is 96.1 Å². The zero-order chi connectivity index (χ0) is 49.0. The van der Waals surface area contributed by atoms with Crippen LogP contribution in [0.15, 0.2) is 47.6 Å². The molecule has 0 unspecified atom stereocenters. The van der Waals surface area contributed by atoms with Crippen molar-refractivity contribution in [2.45, 2.75) is 193 Å². The molecule has 2 N–H and O–H groups in total. The number of hydrogen-bond acceptors (Lipinski definition) is 12. The van der Waals surface area contributed by atoms with Crippen LogP contribution in [-0.4, -0.2) is 126 Å². The average Bonchev–Trinajstić information content (AvgIpc) is 3.28. The summed E-state index contributed by atoms with van der Waals surface area (Å²) in [5.74, 6) is -8.25. The fourth-order valence-electron chi connectivity index (χ4n) is 10.4. The van der Waals surface area contributed by atoms with E-state index in [2.05, 4.69) is 0 Å². The van der Waals surface area contributed by atoms with Crippen LogP contribution in [-0.2, 0) is 47.7 Å². The number of hydrogen-bond donors (Lipinski definition) is 2. The number of carbonyl (C=O) groups excluding carboxylic acids is 5. The van der Waals surface area contributed by atoms with Crippen LogP contribution in [0.2, 0.25) is 0 Å². The molecule has 372 valence electrons. The van der Waals surface area contributed by atoms with E-state index in [1.807, 2.05) is 58.1 Å². The molecule has 2 bridgehead atoms. The summed E-state index contributed by atoms with van der Waals surface area (Å²) in [6.45, 7) is 14.3. The van der Waals surface area contributed by atoms with Gasteiger partial charge in [0, 0.05) is 58.0 Å². The molecular formula is C52H80FNO12. The lowest BCUT2D eigenvalue weighted by Gasteiger charge is -2.44. The number of halogens is 1. The van der Waals surface area contributed by atoms with Crippen LogP contribution < -0.4 is 0 Å². The topological polar surface area (TPSA) is 175 Å². The Morgan fingerprint density at radius 2 is 1.58 bits per heavy atom. The first kappa shape index (κ1) is 55.2. The van der Waals surface area contributed by atoms with Crippen molar-refractivity contribution in [1.29, 1.82) is 0 Å². The lowest BCUT2D eigenvalue weighted by molar-refractivity contribution is -0.265. The number of ketones is 3. The van der Waals surface area contributed by atoms with E-state index >= 15 is 0 Å². The molecule has 1 saturated carbocycles. The Balaban J connectivity index is 1.73. The van der Waals surface area contributed by atoms with Gasteiger partial charge in [-0.3, -0.25) is 19.2 Å². The second-order valence-electron chi connectivity index (χ2n) is 20.0. The van der Waals surface area contributed by atoms with Gasteiger partial charge in [0.2, 0.25) is 5.79 Å². The molecule has 13 nitrogen and oxygen atoms in total. The number of amides is 1. The summed E-state index contributed by atoms with van der Waals surface area (Å²) in [6.07, 6.45) is 9.66. The smallest absolute Gasteiger partial charge is 0.329 e. The summed E-state index contributed by atoms with van der Waals surface area (Å²) < 4.78 is 44.0. The summed E-state index contributed by atoms with van der Waals surface area (Å²) in [7, 11) is 4.43. The Bertz CT molecular complexity index is 1790. The van der Waals surface area contributed by atoms with E-state index in [9.17, 15) is 38.6 Å². The number of nitrogens with zero attached hydrogens (tertiary/aromatic N) is 1. The number of esters is 1. The van der Waals surface area contributed by atoms with Crippen molar-refractivity contribution in [3.63, 3.8) is 0 Å². The number of fused-ring (bicyclic) bond motifs is 3. The van der Waals surface area contributed by atoms with Crippen LogP contribution in [0.4, 0.5) is 4.39 Å². The number of cyclic esters (lactones) is 1. The van der Waals surface area contributed by atoms with E-state index in [1.54, 1.807) is 40.9 Å². The molecule has 0 spiro atoms. The van der Waals surface area contributed by atoms with E-state index in [4.69, 9.17) is 23.7 Å². The SMILES string of the molecule is CO[C@H]1C[C@@H]2CC[C@@H](C)[C@@](O)(O2)C(=O)C(=O)N2[C@@H](C)CCC[C@H]2C(=O)O[C@H]([C@H](C)C[C@@H]2CC[C@H](F)[C@H](OC)C2)CC(=O)[C@H](C)/C=C(\C)[C@@H](O)[C@@H](OC)C(=O)[C@H](C)C[C@H](C)/C=C/C=C/C=C/1C. The molecule has 0 aromatic carbocycles. The Kier molecular flexibility index (Phi) is 21.1.